The summed E-state index contributed by atoms with van der Waals surface area (Å²) in [6, 6.07) is 13.3. The highest BCUT2D eigenvalue weighted by Crippen LogP contribution is 2.59. The number of anilines is 1. The number of fused-ring (bicyclic) bond motifs is 2. The third kappa shape index (κ3) is 3.84. The summed E-state index contributed by atoms with van der Waals surface area (Å²) >= 11 is 0. The second-order valence-electron chi connectivity index (χ2n) is 11.7. The molecule has 0 radical (unpaired) electrons. The fourth-order valence-corrected chi connectivity index (χ4v) is 7.62. The van der Waals surface area contributed by atoms with Gasteiger partial charge in [0.2, 0.25) is 11.8 Å². The molecule has 8 heteroatoms. The minimum Gasteiger partial charge on any atom is -0.394 e. The Hall–Kier alpha value is -3.75. The summed E-state index contributed by atoms with van der Waals surface area (Å²) in [5.74, 6) is -2.55. The van der Waals surface area contributed by atoms with Gasteiger partial charge in [-0.25, -0.2) is 0 Å². The Balaban J connectivity index is 1.58. The topological polar surface area (TPSA) is 90.4 Å². The average Bonchev–Trinajstić information content (AvgIpc) is 3.27. The summed E-state index contributed by atoms with van der Waals surface area (Å²) in [6.45, 7) is 6.22. The number of hydrogen-bond donors (Lipinski definition) is 1. The van der Waals surface area contributed by atoms with Gasteiger partial charge in [0.15, 0.2) is 0 Å². The van der Waals surface area contributed by atoms with Gasteiger partial charge in [0.05, 0.1) is 30.1 Å². The van der Waals surface area contributed by atoms with Crippen molar-refractivity contribution in [3.63, 3.8) is 0 Å². The van der Waals surface area contributed by atoms with Crippen molar-refractivity contribution in [3.8, 4) is 0 Å². The van der Waals surface area contributed by atoms with Crippen LogP contribution in [0.5, 0.6) is 0 Å². The maximum atomic E-state index is 14.9. The number of hydrogen-bond acceptors (Lipinski definition) is 5. The van der Waals surface area contributed by atoms with Crippen LogP contribution in [0.25, 0.3) is 0 Å². The number of carbonyl (C=O) groups is 3. The van der Waals surface area contributed by atoms with Crippen LogP contribution in [0.4, 0.5) is 5.69 Å². The molecule has 8 nitrogen and oxygen atoms in total. The maximum Gasteiger partial charge on any atom is 0.253 e. The number of likely N-dealkylation sites (tertiary alicyclic amines) is 1. The number of benzene rings is 2. The van der Waals surface area contributed by atoms with Crippen molar-refractivity contribution in [2.45, 2.75) is 50.5 Å². The molecular formula is C33H37N3O5. The van der Waals surface area contributed by atoms with Crippen LogP contribution < -0.4 is 4.90 Å². The standard InChI is InChI=1S/C33H37N3O5/c1-5-32-16-10-18-34(4)29(38)25(32)26-30(39)36(24(20-37)23-14-7-6-8-15-23)28-31(40)35(19-11-17-33(26,28)41-32)27-21(2)12-9-13-22(27)3/h6-17,24-26,28,37H,5,18-20H2,1-4H3/t24-,25-,26+,28?,32+,33+/m1/s1. The Morgan fingerprint density at radius 3 is 2.24 bits per heavy atom. The van der Waals surface area contributed by atoms with Crippen LogP contribution in [0.2, 0.25) is 0 Å². The predicted molar refractivity (Wildman–Crippen MR) is 155 cm³/mol. The first kappa shape index (κ1) is 27.4. The summed E-state index contributed by atoms with van der Waals surface area (Å²) in [6.07, 6.45) is 8.07. The fourth-order valence-electron chi connectivity index (χ4n) is 7.62. The Labute approximate surface area is 240 Å². The molecule has 1 spiro atoms. The zero-order valence-corrected chi connectivity index (χ0v) is 24.0. The molecule has 6 rings (SSSR count). The van der Waals surface area contributed by atoms with Crippen molar-refractivity contribution in [2.75, 3.05) is 31.6 Å². The van der Waals surface area contributed by atoms with Crippen LogP contribution in [0, 0.1) is 25.7 Å². The highest BCUT2D eigenvalue weighted by molar-refractivity contribution is 6.06. The third-order valence-electron chi connectivity index (χ3n) is 9.48. The molecule has 0 aliphatic carbocycles. The third-order valence-corrected chi connectivity index (χ3v) is 9.48. The normalized spacial score (nSPS) is 31.6. The van der Waals surface area contributed by atoms with Crippen molar-refractivity contribution < 1.29 is 24.2 Å². The molecule has 1 N–H and O–H groups in total. The van der Waals surface area contributed by atoms with Crippen molar-refractivity contribution in [1.29, 1.82) is 0 Å². The summed E-state index contributed by atoms with van der Waals surface area (Å²) in [5, 5.41) is 10.7. The summed E-state index contributed by atoms with van der Waals surface area (Å²) < 4.78 is 7.03. The number of para-hydroxylation sites is 1. The quantitative estimate of drug-likeness (QED) is 0.572. The Morgan fingerprint density at radius 2 is 1.59 bits per heavy atom. The molecule has 2 aromatic carbocycles. The molecule has 2 fully saturated rings. The predicted octanol–water partition coefficient (Wildman–Crippen LogP) is 3.33. The van der Waals surface area contributed by atoms with Crippen molar-refractivity contribution in [3.05, 3.63) is 89.5 Å². The number of aliphatic hydroxyl groups is 1. The van der Waals surface area contributed by atoms with E-state index in [1.165, 1.54) is 4.90 Å². The number of aliphatic hydroxyl groups excluding tert-OH is 1. The van der Waals surface area contributed by atoms with Crippen LogP contribution in [-0.4, -0.2) is 76.6 Å². The monoisotopic (exact) mass is 555 g/mol. The molecule has 0 aromatic heterocycles. The molecule has 2 aromatic rings. The lowest BCUT2D eigenvalue weighted by molar-refractivity contribution is -0.152. The Morgan fingerprint density at radius 1 is 0.902 bits per heavy atom. The second kappa shape index (κ2) is 9.96. The van der Waals surface area contributed by atoms with Gasteiger partial charge in [0, 0.05) is 25.8 Å². The molecular weight excluding hydrogens is 518 g/mol. The van der Waals surface area contributed by atoms with Crippen molar-refractivity contribution in [2.24, 2.45) is 11.8 Å². The number of carbonyl (C=O) groups excluding carboxylic acids is 3. The van der Waals surface area contributed by atoms with E-state index >= 15 is 0 Å². The van der Waals surface area contributed by atoms with Crippen molar-refractivity contribution in [1.82, 2.24) is 9.80 Å². The van der Waals surface area contributed by atoms with E-state index in [0.717, 1.165) is 16.8 Å². The number of rotatable bonds is 5. The number of aryl methyl sites for hydroxylation is 2. The highest BCUT2D eigenvalue weighted by atomic mass is 16.5. The Bertz CT molecular complexity index is 1430. The smallest absolute Gasteiger partial charge is 0.253 e. The molecule has 1 unspecified atom stereocenters. The summed E-state index contributed by atoms with van der Waals surface area (Å²) in [4.78, 5) is 48.5. The molecule has 4 aliphatic rings. The number of likely N-dealkylation sites (N-methyl/N-ethyl adjacent to an activating group) is 1. The van der Waals surface area contributed by atoms with E-state index in [4.69, 9.17) is 4.74 Å². The summed E-state index contributed by atoms with van der Waals surface area (Å²) in [7, 11) is 1.73. The SMILES string of the molecule is CC[C@]12C=CCN(C)C(=O)[C@H]1[C@H]1C(=O)N([C@H](CO)c3ccccc3)C3C(=O)N(c4c(C)cccc4C)CC=C[C@@]31O2. The molecule has 0 bridgehead atoms. The van der Waals surface area contributed by atoms with Gasteiger partial charge in [-0.2, -0.15) is 0 Å². The lowest BCUT2D eigenvalue weighted by Crippen LogP contribution is -2.57. The van der Waals surface area contributed by atoms with Crippen LogP contribution in [-0.2, 0) is 19.1 Å². The molecule has 4 aliphatic heterocycles. The fraction of sp³-hybridized carbons (Fsp3) is 0.424. The van der Waals surface area contributed by atoms with Crippen LogP contribution in [0.3, 0.4) is 0 Å². The molecule has 214 valence electrons. The van der Waals surface area contributed by atoms with Gasteiger partial charge in [-0.1, -0.05) is 79.8 Å². The second-order valence-corrected chi connectivity index (χ2v) is 11.7. The number of ether oxygens (including phenoxy) is 1. The first-order valence-electron chi connectivity index (χ1n) is 14.4. The Kier molecular flexibility index (Phi) is 6.66. The van der Waals surface area contributed by atoms with E-state index in [1.807, 2.05) is 93.6 Å². The van der Waals surface area contributed by atoms with Gasteiger partial charge in [-0.3, -0.25) is 14.4 Å². The molecule has 4 heterocycles. The minimum absolute atomic E-state index is 0.176. The molecule has 2 saturated heterocycles. The van der Waals surface area contributed by atoms with Crippen LogP contribution >= 0.6 is 0 Å². The number of nitrogens with zero attached hydrogens (tertiary/aromatic N) is 3. The van der Waals surface area contributed by atoms with Gasteiger partial charge in [-0.05, 0) is 37.0 Å². The van der Waals surface area contributed by atoms with Gasteiger partial charge in [0.25, 0.3) is 5.91 Å². The zero-order chi connectivity index (χ0) is 29.1. The van der Waals surface area contributed by atoms with Gasteiger partial charge in [0.1, 0.15) is 11.6 Å². The van der Waals surface area contributed by atoms with E-state index in [-0.39, 0.29) is 24.3 Å². The lowest BCUT2D eigenvalue weighted by Gasteiger charge is -2.41. The van der Waals surface area contributed by atoms with E-state index < -0.39 is 35.1 Å². The number of amides is 3. The zero-order valence-electron chi connectivity index (χ0n) is 24.0. The first-order valence-corrected chi connectivity index (χ1v) is 14.4. The maximum absolute atomic E-state index is 14.9. The van der Waals surface area contributed by atoms with E-state index in [2.05, 4.69) is 0 Å². The molecule has 41 heavy (non-hydrogen) atoms. The van der Waals surface area contributed by atoms with Gasteiger partial charge >= 0.3 is 0 Å². The average molecular weight is 556 g/mol. The summed E-state index contributed by atoms with van der Waals surface area (Å²) in [5.41, 5.74) is 0.971. The van der Waals surface area contributed by atoms with Crippen LogP contribution in [0.1, 0.15) is 36.1 Å². The molecule has 6 atom stereocenters. The van der Waals surface area contributed by atoms with E-state index in [1.54, 1.807) is 16.8 Å². The highest BCUT2D eigenvalue weighted by Gasteiger charge is 2.76. The minimum atomic E-state index is -1.39. The lowest BCUT2D eigenvalue weighted by atomic mass is 9.73. The molecule has 3 amide bonds. The van der Waals surface area contributed by atoms with E-state index in [0.29, 0.717) is 25.1 Å². The van der Waals surface area contributed by atoms with Crippen molar-refractivity contribution >= 4 is 23.4 Å². The van der Waals surface area contributed by atoms with Crippen LogP contribution in [0.15, 0.2) is 72.8 Å². The molecule has 0 saturated carbocycles. The first-order chi connectivity index (χ1) is 19.7. The van der Waals surface area contributed by atoms with Gasteiger partial charge in [-0.15, -0.1) is 0 Å². The largest absolute Gasteiger partial charge is 0.394 e. The van der Waals surface area contributed by atoms with E-state index in [9.17, 15) is 19.5 Å². The van der Waals surface area contributed by atoms with Gasteiger partial charge < -0.3 is 24.5 Å².